The average Bonchev–Trinajstić information content (AvgIpc) is 3.37. The molecule has 1 saturated carbocycles. The Morgan fingerprint density at radius 1 is 1.12 bits per heavy atom. The van der Waals surface area contributed by atoms with Crippen molar-refractivity contribution in [2.45, 2.75) is 56.7 Å². The van der Waals surface area contributed by atoms with Crippen LogP contribution in [0.5, 0.6) is 0 Å². The summed E-state index contributed by atoms with van der Waals surface area (Å²) in [6, 6.07) is 6.86. The van der Waals surface area contributed by atoms with Gasteiger partial charge in [-0.25, -0.2) is 8.42 Å². The average molecular weight is 368 g/mol. The lowest BCUT2D eigenvalue weighted by atomic mass is 10.1. The monoisotopic (exact) mass is 368 g/mol. The molecule has 0 radical (unpaired) electrons. The van der Waals surface area contributed by atoms with E-state index in [1.165, 1.54) is 19.1 Å². The minimum absolute atomic E-state index is 0.0629. The highest BCUT2D eigenvalue weighted by molar-refractivity contribution is 7.89. The molecule has 0 aliphatic heterocycles. The first kappa shape index (κ1) is 19.4. The zero-order chi connectivity index (χ0) is 18.6. The van der Waals surface area contributed by atoms with Gasteiger partial charge in [-0.05, 0) is 37.8 Å². The number of amides is 1. The normalized spacial score (nSPS) is 17.0. The Bertz CT molecular complexity index is 714. The molecule has 138 valence electrons. The predicted octanol–water partition coefficient (Wildman–Crippen LogP) is 1.20. The van der Waals surface area contributed by atoms with Crippen molar-refractivity contribution in [3.05, 3.63) is 30.3 Å². The number of hydrogen-bond donors (Lipinski definition) is 2. The Morgan fingerprint density at radius 2 is 1.72 bits per heavy atom. The number of hydrogen-bond acceptors (Lipinski definition) is 5. The fourth-order valence-electron chi connectivity index (χ4n) is 2.14. The molecule has 2 atom stereocenters. The topological polar surface area (TPSA) is 102 Å². The summed E-state index contributed by atoms with van der Waals surface area (Å²) >= 11 is 0. The highest BCUT2D eigenvalue weighted by atomic mass is 32.2. The Kier molecular flexibility index (Phi) is 6.18. The molecule has 1 aliphatic carbocycles. The molecule has 7 nitrogen and oxygen atoms in total. The van der Waals surface area contributed by atoms with Gasteiger partial charge in [-0.2, -0.15) is 4.72 Å². The van der Waals surface area contributed by atoms with E-state index in [0.717, 1.165) is 12.8 Å². The Hall–Kier alpha value is -1.93. The third-order valence-corrected chi connectivity index (χ3v) is 5.30. The molecule has 0 spiro atoms. The molecule has 2 N–H and O–H groups in total. The molecule has 2 rings (SSSR count). The molecule has 0 unspecified atom stereocenters. The lowest BCUT2D eigenvalue weighted by Crippen LogP contribution is -2.47. The van der Waals surface area contributed by atoms with Gasteiger partial charge in [-0.3, -0.25) is 9.59 Å². The summed E-state index contributed by atoms with van der Waals surface area (Å²) in [4.78, 5) is 24.3. The first-order valence-corrected chi connectivity index (χ1v) is 9.77. The quantitative estimate of drug-likeness (QED) is 0.672. The first-order chi connectivity index (χ1) is 11.7. The van der Waals surface area contributed by atoms with Gasteiger partial charge in [0.05, 0.1) is 4.90 Å². The van der Waals surface area contributed by atoms with Crippen LogP contribution in [-0.4, -0.2) is 38.5 Å². The molecule has 0 aromatic heterocycles. The van der Waals surface area contributed by atoms with Gasteiger partial charge in [0.1, 0.15) is 6.04 Å². The van der Waals surface area contributed by atoms with Crippen molar-refractivity contribution in [1.29, 1.82) is 0 Å². The Labute approximate surface area is 148 Å². The van der Waals surface area contributed by atoms with Gasteiger partial charge >= 0.3 is 5.97 Å². The molecule has 8 heteroatoms. The van der Waals surface area contributed by atoms with Crippen LogP contribution in [0.4, 0.5) is 0 Å². The van der Waals surface area contributed by atoms with Gasteiger partial charge in [-0.1, -0.05) is 32.0 Å². The third-order valence-electron chi connectivity index (χ3n) is 3.84. The molecular weight excluding hydrogens is 344 g/mol. The highest BCUT2D eigenvalue weighted by Gasteiger charge is 2.33. The van der Waals surface area contributed by atoms with Crippen molar-refractivity contribution in [2.24, 2.45) is 5.92 Å². The second-order valence-electron chi connectivity index (χ2n) is 6.52. The summed E-state index contributed by atoms with van der Waals surface area (Å²) in [5.41, 5.74) is 0. The number of rotatable bonds is 8. The number of carbonyl (C=O) groups excluding carboxylic acids is 2. The Balaban J connectivity index is 2.03. The summed E-state index contributed by atoms with van der Waals surface area (Å²) in [6.07, 6.45) is 0.881. The van der Waals surface area contributed by atoms with E-state index in [1.807, 2.05) is 0 Å². The summed E-state index contributed by atoms with van der Waals surface area (Å²) in [5.74, 6) is -1.48. The van der Waals surface area contributed by atoms with Crippen molar-refractivity contribution in [3.8, 4) is 0 Å². The Morgan fingerprint density at radius 3 is 2.24 bits per heavy atom. The van der Waals surface area contributed by atoms with Crippen molar-refractivity contribution >= 4 is 21.9 Å². The van der Waals surface area contributed by atoms with E-state index in [4.69, 9.17) is 4.74 Å². The maximum absolute atomic E-state index is 12.4. The standard InChI is InChI=1S/C17H24N2O5S/c1-11(2)15(19-25(22,23)14-7-5-4-6-8-14)17(21)24-12(3)16(20)18-13-9-10-13/h4-8,11-13,15,19H,9-10H2,1-3H3,(H,18,20)/t12-,15-/m1/s1. The van der Waals surface area contributed by atoms with Gasteiger partial charge in [-0.15, -0.1) is 0 Å². The number of benzene rings is 1. The zero-order valence-corrected chi connectivity index (χ0v) is 15.4. The van der Waals surface area contributed by atoms with Gasteiger partial charge in [0, 0.05) is 6.04 Å². The van der Waals surface area contributed by atoms with Crippen LogP contribution >= 0.6 is 0 Å². The van der Waals surface area contributed by atoms with E-state index < -0.39 is 28.1 Å². The van der Waals surface area contributed by atoms with E-state index in [9.17, 15) is 18.0 Å². The second-order valence-corrected chi connectivity index (χ2v) is 8.23. The minimum Gasteiger partial charge on any atom is -0.451 e. The van der Waals surface area contributed by atoms with E-state index in [-0.39, 0.29) is 22.8 Å². The molecule has 0 saturated heterocycles. The fourth-order valence-corrected chi connectivity index (χ4v) is 3.49. The molecule has 1 aromatic carbocycles. The van der Waals surface area contributed by atoms with Crippen molar-refractivity contribution in [2.75, 3.05) is 0 Å². The van der Waals surface area contributed by atoms with Crippen LogP contribution < -0.4 is 10.0 Å². The molecule has 1 fully saturated rings. The summed E-state index contributed by atoms with van der Waals surface area (Å²) in [7, 11) is -3.87. The zero-order valence-electron chi connectivity index (χ0n) is 14.6. The summed E-state index contributed by atoms with van der Waals surface area (Å²) in [6.45, 7) is 4.88. The van der Waals surface area contributed by atoms with Crippen LogP contribution in [0.15, 0.2) is 35.2 Å². The van der Waals surface area contributed by atoms with Crippen LogP contribution in [0.1, 0.15) is 33.6 Å². The van der Waals surface area contributed by atoms with Crippen LogP contribution in [0.25, 0.3) is 0 Å². The third kappa shape index (κ3) is 5.54. The number of esters is 1. The molecule has 0 bridgehead atoms. The van der Waals surface area contributed by atoms with Crippen LogP contribution in [0.2, 0.25) is 0 Å². The smallest absolute Gasteiger partial charge is 0.325 e. The van der Waals surface area contributed by atoms with E-state index >= 15 is 0 Å². The predicted molar refractivity (Wildman–Crippen MR) is 92.1 cm³/mol. The molecule has 1 aliphatic rings. The van der Waals surface area contributed by atoms with Crippen LogP contribution in [0, 0.1) is 5.92 Å². The molecular formula is C17H24N2O5S. The van der Waals surface area contributed by atoms with Gasteiger partial charge in [0.25, 0.3) is 5.91 Å². The molecule has 0 heterocycles. The lowest BCUT2D eigenvalue weighted by Gasteiger charge is -2.22. The summed E-state index contributed by atoms with van der Waals surface area (Å²) in [5, 5.41) is 2.75. The summed E-state index contributed by atoms with van der Waals surface area (Å²) < 4.78 is 32.4. The number of carbonyl (C=O) groups is 2. The van der Waals surface area contributed by atoms with Crippen molar-refractivity contribution in [1.82, 2.24) is 10.0 Å². The van der Waals surface area contributed by atoms with Crippen molar-refractivity contribution < 1.29 is 22.7 Å². The van der Waals surface area contributed by atoms with Crippen LogP contribution in [-0.2, 0) is 24.3 Å². The first-order valence-electron chi connectivity index (χ1n) is 8.29. The van der Waals surface area contributed by atoms with Gasteiger partial charge < -0.3 is 10.1 Å². The van der Waals surface area contributed by atoms with Gasteiger partial charge in [0.15, 0.2) is 6.10 Å². The van der Waals surface area contributed by atoms with Crippen molar-refractivity contribution in [3.63, 3.8) is 0 Å². The maximum Gasteiger partial charge on any atom is 0.325 e. The number of ether oxygens (including phenoxy) is 1. The second kappa shape index (κ2) is 7.97. The lowest BCUT2D eigenvalue weighted by molar-refractivity contribution is -0.157. The van der Waals surface area contributed by atoms with Gasteiger partial charge in [0.2, 0.25) is 10.0 Å². The number of nitrogens with one attached hydrogen (secondary N) is 2. The number of sulfonamides is 1. The highest BCUT2D eigenvalue weighted by Crippen LogP contribution is 2.19. The van der Waals surface area contributed by atoms with Crippen LogP contribution in [0.3, 0.4) is 0 Å². The minimum atomic E-state index is -3.87. The maximum atomic E-state index is 12.4. The van der Waals surface area contributed by atoms with E-state index in [2.05, 4.69) is 10.0 Å². The molecule has 1 aromatic rings. The van der Waals surface area contributed by atoms with E-state index in [1.54, 1.807) is 32.0 Å². The SMILES string of the molecule is CC(C)[C@@H](NS(=O)(=O)c1ccccc1)C(=O)O[C@H](C)C(=O)NC1CC1. The fraction of sp³-hybridized carbons (Fsp3) is 0.529. The van der Waals surface area contributed by atoms with E-state index in [0.29, 0.717) is 0 Å². The largest absolute Gasteiger partial charge is 0.451 e. The molecule has 1 amide bonds. The molecule has 25 heavy (non-hydrogen) atoms.